The van der Waals surface area contributed by atoms with Crippen LogP contribution in [0.2, 0.25) is 5.15 Å². The van der Waals surface area contributed by atoms with Crippen LogP contribution in [0.15, 0.2) is 205 Å². The first-order valence-corrected chi connectivity index (χ1v) is 46.7. The van der Waals surface area contributed by atoms with E-state index < -0.39 is 23.4 Å². The van der Waals surface area contributed by atoms with E-state index in [-0.39, 0.29) is 67.2 Å². The number of aliphatic hydroxyl groups excluding tert-OH is 1. The Hall–Kier alpha value is -15.4. The summed E-state index contributed by atoms with van der Waals surface area (Å²) >= 11 is 8.97. The molecule has 762 valence electrons. The number of rotatable bonds is 21. The van der Waals surface area contributed by atoms with Crippen LogP contribution in [0, 0.1) is 20.8 Å². The minimum atomic E-state index is -0.725. The van der Waals surface area contributed by atoms with E-state index in [4.69, 9.17) is 70.8 Å². The van der Waals surface area contributed by atoms with E-state index in [2.05, 4.69) is 71.8 Å². The van der Waals surface area contributed by atoms with Crippen LogP contribution < -0.4 is 70.6 Å². The van der Waals surface area contributed by atoms with E-state index >= 15 is 0 Å². The van der Waals surface area contributed by atoms with Gasteiger partial charge in [0.25, 0.3) is 29.5 Å². The molecule has 0 spiro atoms. The molecule has 0 radical (unpaired) electrons. The topological polar surface area (TPSA) is 422 Å². The lowest BCUT2D eigenvalue weighted by atomic mass is 10.0. The van der Waals surface area contributed by atoms with Gasteiger partial charge in [0.1, 0.15) is 93.0 Å². The quantitative estimate of drug-likeness (QED) is 0.0259. The van der Waals surface area contributed by atoms with Gasteiger partial charge in [0, 0.05) is 138 Å². The number of aryl methyl sites for hydroxylation is 3. The number of carbonyl (C=O) groups is 7. The largest absolute Gasteiger partial charge is 0.497 e. The molecule has 5 atom stereocenters. The lowest BCUT2D eigenvalue weighted by Gasteiger charge is -2.23. The first-order valence-electron chi connectivity index (χ1n) is 45.5. The predicted molar refractivity (Wildman–Crippen MR) is 559 cm³/mol. The number of nitrogens with two attached hydrogens (primary N) is 2. The monoisotopic (exact) mass is 2050 g/mol. The van der Waals surface area contributed by atoms with Crippen molar-refractivity contribution in [3.63, 3.8) is 0 Å². The summed E-state index contributed by atoms with van der Waals surface area (Å²) in [6, 6.07) is 55.8. The number of ether oxygens (including phenoxy) is 10. The minimum Gasteiger partial charge on any atom is -0.497 e. The molecule has 5 unspecified atom stereocenters. The number of amides is 7. The second kappa shape index (κ2) is 50.9. The number of nitrogen functional groups attached to an aromatic ring is 1. The van der Waals surface area contributed by atoms with Crippen LogP contribution in [0.1, 0.15) is 233 Å². The molecule has 0 fully saturated rings. The van der Waals surface area contributed by atoms with Crippen molar-refractivity contribution < 1.29 is 86.0 Å². The molecule has 8 heterocycles. The number of aromatic nitrogens is 6. The van der Waals surface area contributed by atoms with Gasteiger partial charge < -0.3 is 99.5 Å². The third kappa shape index (κ3) is 29.2. The Morgan fingerprint density at radius 2 is 0.722 bits per heavy atom. The molecule has 3 aromatic heterocycles. The SMILES string of the molecule is C.CC(C)(C)OC(N)=O.CO.COc1ccc(CN2C(=O)c3ccc(Br)cc3C2C)c(OC)c1.COc1ccc(CN2C(=O)c3ccc(N)cc3C2C)c(OC)c1.COc1ccc(CN2C(=O)c3ccc(NC(=O)OC(C)(C)C)cc3C2C)c(OC)c1.COc1ccc(CN2C(=O)c3ccc(Nc4cc(C)ncn4)cc3C2C)c(OC)c1.Cc1cc(Cl)ncn1.Cc1cc(Nc2ccc3c(c2)C(C)NC3=O)ncn1. The first kappa shape index (κ1) is 112. The number of primary amides is 1. The third-order valence-electron chi connectivity index (χ3n) is 23.3. The average Bonchev–Trinajstić information content (AvgIpc) is 1.68. The van der Waals surface area contributed by atoms with Crippen molar-refractivity contribution in [3.05, 3.63) is 306 Å². The molecular weight excluding hydrogens is 1920 g/mol. The van der Waals surface area contributed by atoms with Crippen LogP contribution in [0.25, 0.3) is 0 Å². The molecule has 0 saturated heterocycles. The molecule has 36 heteroatoms. The van der Waals surface area contributed by atoms with E-state index in [0.717, 1.165) is 147 Å². The second-order valence-electron chi connectivity index (χ2n) is 35.3. The van der Waals surface area contributed by atoms with Gasteiger partial charge in [-0.15, -0.1) is 0 Å². The maximum absolute atomic E-state index is 13.1. The molecule has 7 amide bonds. The summed E-state index contributed by atoms with van der Waals surface area (Å²) in [5.74, 6) is 7.16. The van der Waals surface area contributed by atoms with Gasteiger partial charge >= 0.3 is 12.2 Å². The average molecular weight is 2050 g/mol. The number of nitrogens with zero attached hydrogens (tertiary/aromatic N) is 10. The molecule has 5 aliphatic rings. The Kier molecular flexibility index (Phi) is 39.6. The molecule has 9 aromatic carbocycles. The summed E-state index contributed by atoms with van der Waals surface area (Å²) in [7, 11) is 13.9. The van der Waals surface area contributed by atoms with Gasteiger partial charge in [-0.25, -0.2) is 39.5 Å². The number of methoxy groups -OCH3 is 8. The van der Waals surface area contributed by atoms with E-state index in [1.165, 1.54) is 19.0 Å². The van der Waals surface area contributed by atoms with Crippen LogP contribution in [0.3, 0.4) is 0 Å². The van der Waals surface area contributed by atoms with Crippen LogP contribution in [-0.2, 0) is 35.7 Å². The van der Waals surface area contributed by atoms with Gasteiger partial charge in [0.2, 0.25) is 0 Å². The number of anilines is 6. The van der Waals surface area contributed by atoms with Crippen LogP contribution in [0.5, 0.6) is 46.0 Å². The highest BCUT2D eigenvalue weighted by molar-refractivity contribution is 9.10. The minimum absolute atomic E-state index is 0. The Morgan fingerprint density at radius 3 is 1.05 bits per heavy atom. The van der Waals surface area contributed by atoms with Crippen molar-refractivity contribution in [2.45, 2.75) is 172 Å². The van der Waals surface area contributed by atoms with E-state index in [1.54, 1.807) is 140 Å². The van der Waals surface area contributed by atoms with Gasteiger partial charge in [0.15, 0.2) is 0 Å². The van der Waals surface area contributed by atoms with Crippen molar-refractivity contribution in [1.29, 1.82) is 0 Å². The molecule has 0 bridgehead atoms. The summed E-state index contributed by atoms with van der Waals surface area (Å²) < 4.78 is 53.6. The fourth-order valence-electron chi connectivity index (χ4n) is 16.1. The number of fused-ring (bicyclic) bond motifs is 5. The summed E-state index contributed by atoms with van der Waals surface area (Å²) in [4.78, 5) is 117. The number of benzene rings is 9. The molecule has 9 N–H and O–H groups in total. The Bertz CT molecular complexity index is 6410. The zero-order chi connectivity index (χ0) is 105. The van der Waals surface area contributed by atoms with Crippen molar-refractivity contribution >= 4 is 104 Å². The number of carbonyl (C=O) groups excluding carboxylic acids is 7. The normalized spacial score (nSPS) is 15.0. The standard InChI is InChI=1S/C23H24N4O3.C23H28N2O5.C18H18BrNO3.C18H20N2O3.C14H14N4O.C5H5ClN2.C5H11NO2.CH4O.CH4/c1-14-9-22(25-13-24-14)26-17-6-8-19-20(10-17)15(2)27(23(19)28)12-16-5-7-18(29-3)11-21(16)30-4;1-14-19-11-16(24-22(27)30-23(2,3)4)8-10-18(19)21(26)25(14)13-15-7-9-17(28-5)12-20(15)29-6;2*1-11-16-8-13(19)5-7-15(16)18(21)20(11)10-12-4-6-14(22-2)9-17(12)23-3;1-8-5-13(16-7-15-8)18-10-3-4-11-12(6-10)9(2)17-14(11)19;1-4-2-5(6)8-3-7-4;1-5(2,3)8-4(6)7;1-2;/h5-11,13,15H,12H2,1-4H3,(H,24,25,26);7-12,14H,13H2,1-6H3,(H,24,27);4-9,11H,10H2,1-3H3;4-9,11H,10,19H2,1-3H3;3-7,9H,1-2H3,(H,17,19)(H,15,16,18);2-3H,1H3;1-3H3,(H2,6,7);2H,1H3;1H4. The van der Waals surface area contributed by atoms with Crippen LogP contribution >= 0.6 is 27.5 Å². The van der Waals surface area contributed by atoms with Gasteiger partial charge in [-0.05, 0) is 270 Å². The van der Waals surface area contributed by atoms with Gasteiger partial charge in [-0.2, -0.15) is 0 Å². The second-order valence-corrected chi connectivity index (χ2v) is 36.6. The number of aliphatic hydroxyl groups is 1. The van der Waals surface area contributed by atoms with Gasteiger partial charge in [0.05, 0.1) is 113 Å². The van der Waals surface area contributed by atoms with E-state index in [9.17, 15) is 33.6 Å². The summed E-state index contributed by atoms with van der Waals surface area (Å²) in [5.41, 5.74) is 27.5. The third-order valence-corrected chi connectivity index (χ3v) is 24.0. The lowest BCUT2D eigenvalue weighted by molar-refractivity contribution is 0.0595. The lowest BCUT2D eigenvalue weighted by Crippen LogP contribution is -2.27. The molecule has 17 rings (SSSR count). The summed E-state index contributed by atoms with van der Waals surface area (Å²) in [5, 5.41) is 19.6. The molecule has 34 nitrogen and oxygen atoms in total. The van der Waals surface area contributed by atoms with Crippen LogP contribution in [0.4, 0.5) is 44.0 Å². The Labute approximate surface area is 854 Å². The van der Waals surface area contributed by atoms with Crippen molar-refractivity contribution in [3.8, 4) is 46.0 Å². The maximum Gasteiger partial charge on any atom is 0.412 e. The zero-order valence-electron chi connectivity index (χ0n) is 84.5. The zero-order valence-corrected chi connectivity index (χ0v) is 86.9. The predicted octanol–water partition coefficient (Wildman–Crippen LogP) is 21.1. The first-order chi connectivity index (χ1) is 68.0. The van der Waals surface area contributed by atoms with Gasteiger partial charge in [-0.1, -0.05) is 35.0 Å². The smallest absolute Gasteiger partial charge is 0.412 e. The summed E-state index contributed by atoms with van der Waals surface area (Å²) in [6.45, 7) is 28.3. The highest BCUT2D eigenvalue weighted by atomic mass is 79.9. The van der Waals surface area contributed by atoms with Crippen molar-refractivity contribution in [2.24, 2.45) is 5.73 Å². The van der Waals surface area contributed by atoms with Crippen LogP contribution in [-0.4, -0.2) is 172 Å². The Balaban J connectivity index is 0.000000193. The highest BCUT2D eigenvalue weighted by Crippen LogP contribution is 2.44. The molecule has 0 aliphatic carbocycles. The van der Waals surface area contributed by atoms with Crippen molar-refractivity contribution in [2.75, 3.05) is 85.7 Å². The summed E-state index contributed by atoms with van der Waals surface area (Å²) in [6.07, 6.45) is 3.24. The molecular formula is C108H128BrClN16O18. The number of hydrogen-bond donors (Lipinski definition) is 7. The fraction of sp³-hybridized carbons (Fsp3) is 0.324. The maximum atomic E-state index is 13.1. The number of hydrogen-bond acceptors (Lipinski definition) is 27. The number of nitrogens with one attached hydrogen (secondary N) is 4. The number of halogens is 2. The van der Waals surface area contributed by atoms with E-state index in [0.29, 0.717) is 71.3 Å². The molecule has 144 heavy (non-hydrogen) atoms. The Morgan fingerprint density at radius 1 is 0.403 bits per heavy atom. The highest BCUT2D eigenvalue weighted by Gasteiger charge is 2.40. The van der Waals surface area contributed by atoms with Gasteiger partial charge in [-0.3, -0.25) is 29.3 Å². The molecule has 5 aliphatic heterocycles. The van der Waals surface area contributed by atoms with Crippen molar-refractivity contribution in [1.82, 2.24) is 54.8 Å². The fourth-order valence-corrected chi connectivity index (χ4v) is 16.7. The van der Waals surface area contributed by atoms with E-state index in [1.807, 2.05) is 216 Å². The molecule has 0 saturated carbocycles. The molecule has 12 aromatic rings.